The molecule has 0 bridgehead atoms. The van der Waals surface area contributed by atoms with Crippen molar-refractivity contribution in [2.45, 2.75) is 12.8 Å². The molecule has 1 saturated heterocycles. The molecule has 0 aliphatic carbocycles. The Morgan fingerprint density at radius 1 is 1.10 bits per heavy atom. The minimum Gasteiger partial charge on any atom is -0.480 e. The Balaban J connectivity index is 2.08. The van der Waals surface area contributed by atoms with Crippen LogP contribution in [0.25, 0.3) is 0 Å². The average Bonchev–Trinajstić information content (AvgIpc) is 2.42. The molecule has 4 N–H and O–H groups in total. The first-order chi connectivity index (χ1) is 9.47. The summed E-state index contributed by atoms with van der Waals surface area (Å²) in [6.45, 7) is 1.98. The maximum absolute atomic E-state index is 11.5. The maximum atomic E-state index is 11.5. The minimum atomic E-state index is -1.12. The van der Waals surface area contributed by atoms with E-state index in [0.717, 1.165) is 25.9 Å². The van der Waals surface area contributed by atoms with E-state index >= 15 is 0 Å². The van der Waals surface area contributed by atoms with Crippen molar-refractivity contribution in [1.82, 2.24) is 20.9 Å². The van der Waals surface area contributed by atoms with E-state index < -0.39 is 24.5 Å². The van der Waals surface area contributed by atoms with Crippen molar-refractivity contribution in [3.63, 3.8) is 0 Å². The highest BCUT2D eigenvalue weighted by atomic mass is 16.4. The summed E-state index contributed by atoms with van der Waals surface area (Å²) in [5, 5.41) is 15.6. The highest BCUT2D eigenvalue weighted by Gasteiger charge is 2.17. The molecule has 1 heterocycles. The number of amides is 3. The van der Waals surface area contributed by atoms with Gasteiger partial charge in [-0.1, -0.05) is 0 Å². The monoisotopic (exact) mass is 286 g/mol. The third kappa shape index (κ3) is 6.93. The number of carbonyl (C=O) groups is 3. The molecule has 0 aromatic rings. The van der Waals surface area contributed by atoms with Crippen LogP contribution in [0.2, 0.25) is 0 Å². The van der Waals surface area contributed by atoms with Gasteiger partial charge >= 0.3 is 12.0 Å². The molecule has 8 nitrogen and oxygen atoms in total. The van der Waals surface area contributed by atoms with Crippen molar-refractivity contribution in [1.29, 1.82) is 0 Å². The summed E-state index contributed by atoms with van der Waals surface area (Å²) in [4.78, 5) is 35.1. The van der Waals surface area contributed by atoms with Gasteiger partial charge in [0.25, 0.3) is 0 Å². The Hall–Kier alpha value is -1.83. The second-order valence-corrected chi connectivity index (χ2v) is 4.98. The van der Waals surface area contributed by atoms with E-state index in [2.05, 4.69) is 27.9 Å². The fourth-order valence-electron chi connectivity index (χ4n) is 1.96. The highest BCUT2D eigenvalue weighted by molar-refractivity contribution is 5.86. The SMILES string of the molecule is CN1CCC(CNC(=O)NCC(=O)NCC(=O)O)CC1. The minimum absolute atomic E-state index is 0.230. The summed E-state index contributed by atoms with van der Waals surface area (Å²) in [5.41, 5.74) is 0. The normalized spacial score (nSPS) is 16.4. The number of rotatable bonds is 6. The van der Waals surface area contributed by atoms with Gasteiger partial charge in [0.2, 0.25) is 5.91 Å². The van der Waals surface area contributed by atoms with Gasteiger partial charge in [0, 0.05) is 6.54 Å². The van der Waals surface area contributed by atoms with Crippen LogP contribution in [0.4, 0.5) is 4.79 Å². The second kappa shape index (κ2) is 8.36. The summed E-state index contributed by atoms with van der Waals surface area (Å²) < 4.78 is 0. The number of carbonyl (C=O) groups excluding carboxylic acids is 2. The van der Waals surface area contributed by atoms with Crippen LogP contribution in [0, 0.1) is 5.92 Å². The number of hydrogen-bond donors (Lipinski definition) is 4. The smallest absolute Gasteiger partial charge is 0.322 e. The van der Waals surface area contributed by atoms with E-state index in [4.69, 9.17) is 5.11 Å². The molecule has 1 aliphatic heterocycles. The number of urea groups is 1. The van der Waals surface area contributed by atoms with Crippen LogP contribution in [-0.4, -0.2) is 67.7 Å². The molecule has 0 unspecified atom stereocenters. The lowest BCUT2D eigenvalue weighted by molar-refractivity contribution is -0.137. The van der Waals surface area contributed by atoms with Gasteiger partial charge in [-0.25, -0.2) is 4.79 Å². The molecule has 0 saturated carbocycles. The fraction of sp³-hybridized carbons (Fsp3) is 0.750. The van der Waals surface area contributed by atoms with Gasteiger partial charge in [0.15, 0.2) is 0 Å². The number of piperidine rings is 1. The van der Waals surface area contributed by atoms with Gasteiger partial charge < -0.3 is 26.0 Å². The number of likely N-dealkylation sites (tertiary alicyclic amines) is 1. The van der Waals surface area contributed by atoms with E-state index in [0.29, 0.717) is 12.5 Å². The molecule has 20 heavy (non-hydrogen) atoms. The number of carboxylic acids is 1. The molecule has 1 fully saturated rings. The molecule has 1 aliphatic rings. The molecule has 0 atom stereocenters. The number of hydrogen-bond acceptors (Lipinski definition) is 4. The van der Waals surface area contributed by atoms with E-state index in [9.17, 15) is 14.4 Å². The Labute approximate surface area is 117 Å². The van der Waals surface area contributed by atoms with Crippen molar-refractivity contribution in [2.75, 3.05) is 39.8 Å². The van der Waals surface area contributed by atoms with Crippen molar-refractivity contribution in [3.8, 4) is 0 Å². The summed E-state index contributed by atoms with van der Waals surface area (Å²) in [5.74, 6) is -1.18. The zero-order chi connectivity index (χ0) is 15.0. The van der Waals surface area contributed by atoms with Crippen LogP contribution >= 0.6 is 0 Å². The third-order valence-corrected chi connectivity index (χ3v) is 3.24. The lowest BCUT2D eigenvalue weighted by atomic mass is 9.97. The topological polar surface area (TPSA) is 111 Å². The highest BCUT2D eigenvalue weighted by Crippen LogP contribution is 2.14. The fourth-order valence-corrected chi connectivity index (χ4v) is 1.96. The molecule has 0 spiro atoms. The lowest BCUT2D eigenvalue weighted by Crippen LogP contribution is -2.45. The van der Waals surface area contributed by atoms with Crippen LogP contribution in [-0.2, 0) is 9.59 Å². The molecule has 0 aromatic carbocycles. The van der Waals surface area contributed by atoms with Gasteiger partial charge in [0.1, 0.15) is 6.54 Å². The third-order valence-electron chi connectivity index (χ3n) is 3.24. The summed E-state index contributed by atoms with van der Waals surface area (Å²) >= 11 is 0. The number of carboxylic acid groups (broad SMARTS) is 1. The predicted molar refractivity (Wildman–Crippen MR) is 72.3 cm³/mol. The summed E-state index contributed by atoms with van der Waals surface area (Å²) in [6, 6.07) is -0.408. The zero-order valence-electron chi connectivity index (χ0n) is 11.6. The van der Waals surface area contributed by atoms with Gasteiger partial charge in [-0.05, 0) is 38.9 Å². The predicted octanol–water partition coefficient (Wildman–Crippen LogP) is -1.17. The lowest BCUT2D eigenvalue weighted by Gasteiger charge is -2.28. The van der Waals surface area contributed by atoms with E-state index in [1.54, 1.807) is 0 Å². The second-order valence-electron chi connectivity index (χ2n) is 4.98. The van der Waals surface area contributed by atoms with Gasteiger partial charge in [-0.2, -0.15) is 0 Å². The van der Waals surface area contributed by atoms with Crippen LogP contribution in [0.1, 0.15) is 12.8 Å². The van der Waals surface area contributed by atoms with Gasteiger partial charge in [0.05, 0.1) is 6.54 Å². The molecular weight excluding hydrogens is 264 g/mol. The van der Waals surface area contributed by atoms with Crippen molar-refractivity contribution in [2.24, 2.45) is 5.92 Å². The first-order valence-corrected chi connectivity index (χ1v) is 6.66. The Bertz CT molecular complexity index is 353. The number of nitrogens with zero attached hydrogens (tertiary/aromatic N) is 1. The molecule has 0 aromatic heterocycles. The van der Waals surface area contributed by atoms with Crippen LogP contribution in [0.5, 0.6) is 0 Å². The van der Waals surface area contributed by atoms with E-state index in [-0.39, 0.29) is 6.54 Å². The number of nitrogens with one attached hydrogen (secondary N) is 3. The standard InChI is InChI=1S/C12H22N4O4/c1-16-4-2-9(3-5-16)6-14-12(20)15-7-10(17)13-8-11(18)19/h9H,2-8H2,1H3,(H,13,17)(H,18,19)(H2,14,15,20). The van der Waals surface area contributed by atoms with Crippen LogP contribution in [0.3, 0.4) is 0 Å². The first-order valence-electron chi connectivity index (χ1n) is 6.66. The van der Waals surface area contributed by atoms with Gasteiger partial charge in [-0.15, -0.1) is 0 Å². The molecular formula is C12H22N4O4. The Morgan fingerprint density at radius 2 is 1.75 bits per heavy atom. The van der Waals surface area contributed by atoms with Crippen molar-refractivity contribution < 1.29 is 19.5 Å². The maximum Gasteiger partial charge on any atom is 0.322 e. The molecule has 3 amide bonds. The molecule has 114 valence electrons. The summed E-state index contributed by atoms with van der Waals surface area (Å²) in [7, 11) is 2.08. The summed E-state index contributed by atoms with van der Waals surface area (Å²) in [6.07, 6.45) is 2.10. The van der Waals surface area contributed by atoms with Crippen molar-refractivity contribution in [3.05, 3.63) is 0 Å². The molecule has 1 rings (SSSR count). The molecule has 8 heteroatoms. The average molecular weight is 286 g/mol. The Kier molecular flexibility index (Phi) is 6.78. The Morgan fingerprint density at radius 3 is 2.35 bits per heavy atom. The zero-order valence-corrected chi connectivity index (χ0v) is 11.6. The molecule has 0 radical (unpaired) electrons. The van der Waals surface area contributed by atoms with Crippen LogP contribution in [0.15, 0.2) is 0 Å². The quantitative estimate of drug-likeness (QED) is 0.491. The van der Waals surface area contributed by atoms with Crippen molar-refractivity contribution >= 4 is 17.9 Å². The van der Waals surface area contributed by atoms with E-state index in [1.165, 1.54) is 0 Å². The largest absolute Gasteiger partial charge is 0.480 e. The number of aliphatic carboxylic acids is 1. The van der Waals surface area contributed by atoms with Crippen LogP contribution < -0.4 is 16.0 Å². The van der Waals surface area contributed by atoms with Gasteiger partial charge in [-0.3, -0.25) is 9.59 Å². The van der Waals surface area contributed by atoms with E-state index in [1.807, 2.05) is 0 Å². The first kappa shape index (κ1) is 16.2.